The van der Waals surface area contributed by atoms with Crippen molar-refractivity contribution in [3.63, 3.8) is 0 Å². The van der Waals surface area contributed by atoms with Gasteiger partial charge in [0.15, 0.2) is 0 Å². The van der Waals surface area contributed by atoms with Crippen molar-refractivity contribution in [2.24, 2.45) is 0 Å². The van der Waals surface area contributed by atoms with Gasteiger partial charge < -0.3 is 14.7 Å². The Kier molecular flexibility index (Phi) is 7.37. The molecule has 2 unspecified atom stereocenters. The summed E-state index contributed by atoms with van der Waals surface area (Å²) in [6.07, 6.45) is 0.293. The van der Waals surface area contributed by atoms with E-state index in [4.69, 9.17) is 4.74 Å². The fourth-order valence-electron chi connectivity index (χ4n) is 3.36. The summed E-state index contributed by atoms with van der Waals surface area (Å²) in [7, 11) is 4.00. The molecule has 26 heavy (non-hydrogen) atoms. The number of esters is 1. The van der Waals surface area contributed by atoms with Gasteiger partial charge in [0.25, 0.3) is 0 Å². The first-order valence-corrected chi connectivity index (χ1v) is 9.13. The van der Waals surface area contributed by atoms with E-state index in [-0.39, 0.29) is 12.6 Å². The van der Waals surface area contributed by atoms with Gasteiger partial charge in [0.2, 0.25) is 0 Å². The molecule has 0 spiro atoms. The highest BCUT2D eigenvalue weighted by molar-refractivity contribution is 5.84. The van der Waals surface area contributed by atoms with Gasteiger partial charge in [0.1, 0.15) is 5.41 Å². The second kappa shape index (κ2) is 9.51. The average molecular weight is 355 g/mol. The molecule has 4 heteroatoms. The minimum atomic E-state index is -1.13. The van der Waals surface area contributed by atoms with Gasteiger partial charge in [-0.25, -0.2) is 0 Å². The zero-order valence-electron chi connectivity index (χ0n) is 15.9. The highest BCUT2D eigenvalue weighted by Gasteiger charge is 2.48. The number of nitrogens with zero attached hydrogens (tertiary/aromatic N) is 1. The summed E-state index contributed by atoms with van der Waals surface area (Å²) >= 11 is 0. The molecule has 0 aliphatic carbocycles. The molecule has 0 aromatic heterocycles. The van der Waals surface area contributed by atoms with Gasteiger partial charge in [0.05, 0.1) is 12.7 Å². The zero-order chi connectivity index (χ0) is 19.0. The van der Waals surface area contributed by atoms with E-state index >= 15 is 0 Å². The Hall–Kier alpha value is -2.17. The van der Waals surface area contributed by atoms with Crippen LogP contribution in [0.1, 0.15) is 37.0 Å². The van der Waals surface area contributed by atoms with Gasteiger partial charge in [-0.1, -0.05) is 60.7 Å². The van der Waals surface area contributed by atoms with Crippen LogP contribution >= 0.6 is 0 Å². The number of aliphatic hydroxyl groups is 1. The highest BCUT2D eigenvalue weighted by atomic mass is 16.5. The quantitative estimate of drug-likeness (QED) is 0.699. The average Bonchev–Trinajstić information content (AvgIpc) is 2.66. The van der Waals surface area contributed by atoms with Gasteiger partial charge >= 0.3 is 5.97 Å². The Labute approximate surface area is 156 Å². The number of carbonyl (C=O) groups is 1. The van der Waals surface area contributed by atoms with Crippen LogP contribution in [-0.4, -0.2) is 43.2 Å². The smallest absolute Gasteiger partial charge is 0.319 e. The predicted molar refractivity (Wildman–Crippen MR) is 104 cm³/mol. The van der Waals surface area contributed by atoms with Crippen LogP contribution in [0.3, 0.4) is 0 Å². The molecular weight excluding hydrogens is 326 g/mol. The van der Waals surface area contributed by atoms with E-state index in [2.05, 4.69) is 4.90 Å². The van der Waals surface area contributed by atoms with Crippen molar-refractivity contribution in [3.8, 4) is 0 Å². The summed E-state index contributed by atoms with van der Waals surface area (Å²) < 4.78 is 5.45. The molecule has 0 aliphatic rings. The fourth-order valence-corrected chi connectivity index (χ4v) is 3.36. The van der Waals surface area contributed by atoms with Crippen LogP contribution in [0.25, 0.3) is 0 Å². The van der Waals surface area contributed by atoms with Gasteiger partial charge in [-0.3, -0.25) is 4.79 Å². The molecule has 0 aliphatic heterocycles. The Bertz CT molecular complexity index is 672. The molecule has 0 radical (unpaired) electrons. The molecule has 0 bridgehead atoms. The van der Waals surface area contributed by atoms with Crippen LogP contribution < -0.4 is 0 Å². The summed E-state index contributed by atoms with van der Waals surface area (Å²) in [6.45, 7) is 2.90. The largest absolute Gasteiger partial charge is 0.465 e. The lowest BCUT2D eigenvalue weighted by molar-refractivity contribution is -0.156. The molecular formula is C22H29NO3. The summed E-state index contributed by atoms with van der Waals surface area (Å²) in [6, 6.07) is 18.9. The maximum atomic E-state index is 13.2. The monoisotopic (exact) mass is 355 g/mol. The molecule has 2 aromatic rings. The van der Waals surface area contributed by atoms with Gasteiger partial charge in [0, 0.05) is 0 Å². The van der Waals surface area contributed by atoms with Crippen LogP contribution in [0.5, 0.6) is 0 Å². The number of aliphatic hydroxyl groups excluding tert-OH is 1. The van der Waals surface area contributed by atoms with Crippen LogP contribution in [0.15, 0.2) is 60.7 Å². The molecule has 0 heterocycles. The standard InChI is InChI=1S/C22H29NO3/c1-4-26-21(25)22(16-11-17-23(2)3,19-14-9-6-10-15-19)20(24)18-12-7-5-8-13-18/h5-10,12-15,20,24H,4,11,16-17H2,1-3H3. The molecule has 2 aromatic carbocycles. The third kappa shape index (κ3) is 4.51. The maximum absolute atomic E-state index is 13.2. The Morgan fingerprint density at radius 1 is 1.08 bits per heavy atom. The van der Waals surface area contributed by atoms with Crippen molar-refractivity contribution in [3.05, 3.63) is 71.8 Å². The third-order valence-corrected chi connectivity index (χ3v) is 4.69. The van der Waals surface area contributed by atoms with Crippen molar-refractivity contribution in [1.82, 2.24) is 4.90 Å². The Balaban J connectivity index is 2.53. The van der Waals surface area contributed by atoms with E-state index in [1.807, 2.05) is 74.8 Å². The van der Waals surface area contributed by atoms with Crippen molar-refractivity contribution in [2.45, 2.75) is 31.3 Å². The summed E-state index contributed by atoms with van der Waals surface area (Å²) in [5, 5.41) is 11.3. The lowest BCUT2D eigenvalue weighted by Crippen LogP contribution is -2.44. The van der Waals surface area contributed by atoms with E-state index < -0.39 is 11.5 Å². The number of benzene rings is 2. The van der Waals surface area contributed by atoms with Crippen molar-refractivity contribution in [2.75, 3.05) is 27.2 Å². The fraction of sp³-hybridized carbons (Fsp3) is 0.409. The summed E-state index contributed by atoms with van der Waals surface area (Å²) in [4.78, 5) is 15.2. The molecule has 0 saturated carbocycles. The summed E-state index contributed by atoms with van der Waals surface area (Å²) in [5.41, 5.74) is 0.372. The molecule has 2 atom stereocenters. The van der Waals surface area contributed by atoms with Gasteiger partial charge in [-0.2, -0.15) is 0 Å². The number of hydrogen-bond donors (Lipinski definition) is 1. The number of carbonyl (C=O) groups excluding carboxylic acids is 1. The second-order valence-corrected chi connectivity index (χ2v) is 6.78. The first-order chi connectivity index (χ1) is 12.5. The van der Waals surface area contributed by atoms with Crippen molar-refractivity contribution >= 4 is 5.97 Å². The van der Waals surface area contributed by atoms with Crippen molar-refractivity contribution < 1.29 is 14.6 Å². The molecule has 0 amide bonds. The third-order valence-electron chi connectivity index (χ3n) is 4.69. The van der Waals surface area contributed by atoms with Crippen LogP contribution in [0.4, 0.5) is 0 Å². The number of hydrogen-bond acceptors (Lipinski definition) is 4. The minimum absolute atomic E-state index is 0.280. The SMILES string of the molecule is CCOC(=O)C(CCCN(C)C)(c1ccccc1)C(O)c1ccccc1. The van der Waals surface area contributed by atoms with E-state index in [9.17, 15) is 9.90 Å². The molecule has 140 valence electrons. The molecule has 0 saturated heterocycles. The van der Waals surface area contributed by atoms with Crippen LogP contribution in [0.2, 0.25) is 0 Å². The molecule has 4 nitrogen and oxygen atoms in total. The Morgan fingerprint density at radius 2 is 1.65 bits per heavy atom. The first-order valence-electron chi connectivity index (χ1n) is 9.13. The van der Waals surface area contributed by atoms with Gasteiger partial charge in [-0.15, -0.1) is 0 Å². The maximum Gasteiger partial charge on any atom is 0.319 e. The number of ether oxygens (including phenoxy) is 1. The lowest BCUT2D eigenvalue weighted by Gasteiger charge is -2.37. The van der Waals surface area contributed by atoms with Crippen LogP contribution in [0, 0.1) is 0 Å². The topological polar surface area (TPSA) is 49.8 Å². The summed E-state index contributed by atoms with van der Waals surface area (Å²) in [5.74, 6) is -0.374. The van der Waals surface area contributed by atoms with E-state index in [0.29, 0.717) is 12.0 Å². The molecule has 2 rings (SSSR count). The zero-order valence-corrected chi connectivity index (χ0v) is 15.9. The van der Waals surface area contributed by atoms with E-state index in [1.165, 1.54) is 0 Å². The number of rotatable bonds is 9. The van der Waals surface area contributed by atoms with E-state index in [0.717, 1.165) is 18.5 Å². The van der Waals surface area contributed by atoms with Gasteiger partial charge in [-0.05, 0) is 51.5 Å². The highest BCUT2D eigenvalue weighted by Crippen LogP contribution is 2.42. The predicted octanol–water partition coefficient (Wildman–Crippen LogP) is 3.56. The lowest BCUT2D eigenvalue weighted by atomic mass is 9.70. The second-order valence-electron chi connectivity index (χ2n) is 6.78. The van der Waals surface area contributed by atoms with Crippen LogP contribution in [-0.2, 0) is 14.9 Å². The van der Waals surface area contributed by atoms with Crippen molar-refractivity contribution in [1.29, 1.82) is 0 Å². The minimum Gasteiger partial charge on any atom is -0.465 e. The first kappa shape index (κ1) is 20.1. The Morgan fingerprint density at radius 3 is 2.19 bits per heavy atom. The normalized spacial score (nSPS) is 14.7. The molecule has 0 fully saturated rings. The molecule has 1 N–H and O–H groups in total. The van der Waals surface area contributed by atoms with E-state index in [1.54, 1.807) is 6.92 Å².